The molecule has 0 saturated heterocycles. The minimum Gasteiger partial charge on any atom is 0 e. The molecule has 23 heavy (non-hydrogen) atoms. The SMILES string of the molecule is [B]C(C)(NC(=O)CCC(=O)O)C(=O)CC[C-]=CC(C)=C[CH]=[V].[U]. The van der Waals surface area contributed by atoms with Crippen molar-refractivity contribution >= 4 is 30.2 Å². The Balaban J connectivity index is 0. The number of rotatable bonds is 10. The van der Waals surface area contributed by atoms with E-state index in [0.717, 1.165) is 5.57 Å². The Kier molecular flexibility index (Phi) is 14.1. The van der Waals surface area contributed by atoms with Crippen molar-refractivity contribution in [2.24, 2.45) is 0 Å². The van der Waals surface area contributed by atoms with E-state index in [1.165, 1.54) is 6.92 Å². The van der Waals surface area contributed by atoms with Gasteiger partial charge in [-0.15, -0.1) is 0 Å². The molecule has 0 aromatic carbocycles. The van der Waals surface area contributed by atoms with Gasteiger partial charge in [-0.3, -0.25) is 4.79 Å². The molecule has 0 aromatic heterocycles. The fraction of sp³-hybridized carbons (Fsp3) is 0.467. The molecule has 0 aliphatic rings. The van der Waals surface area contributed by atoms with Crippen LogP contribution >= 0.6 is 0 Å². The smallest absolute Gasteiger partial charge is 0 e. The summed E-state index contributed by atoms with van der Waals surface area (Å²) in [6.07, 6.45) is 6.67. The Morgan fingerprint density at radius 2 is 1.91 bits per heavy atom. The fourth-order valence-electron chi connectivity index (χ4n) is 1.49. The van der Waals surface area contributed by atoms with Gasteiger partial charge in [-0.1, -0.05) is 0 Å². The summed E-state index contributed by atoms with van der Waals surface area (Å²) >= 11 is 2.33. The molecule has 0 heterocycles. The van der Waals surface area contributed by atoms with Crippen LogP contribution in [0.5, 0.6) is 0 Å². The van der Waals surface area contributed by atoms with Gasteiger partial charge in [0.25, 0.3) is 0 Å². The summed E-state index contributed by atoms with van der Waals surface area (Å²) in [6, 6.07) is 0. The van der Waals surface area contributed by atoms with Gasteiger partial charge in [0.2, 0.25) is 0 Å². The molecule has 0 aliphatic carbocycles. The molecule has 2 N–H and O–H groups in total. The Hall–Kier alpha value is -0.339. The molecule has 0 aliphatic heterocycles. The number of allylic oxidation sites excluding steroid dienone is 4. The van der Waals surface area contributed by atoms with Crippen molar-refractivity contribution in [2.45, 2.75) is 45.0 Å². The molecule has 2 radical (unpaired) electrons. The van der Waals surface area contributed by atoms with Gasteiger partial charge < -0.3 is 5.11 Å². The van der Waals surface area contributed by atoms with Crippen LogP contribution in [-0.4, -0.2) is 40.8 Å². The van der Waals surface area contributed by atoms with Crippen LogP contribution in [0.15, 0.2) is 17.7 Å². The van der Waals surface area contributed by atoms with Gasteiger partial charge in [0.05, 0.1) is 6.42 Å². The van der Waals surface area contributed by atoms with E-state index >= 15 is 0 Å². The zero-order valence-corrected chi connectivity index (χ0v) is 18.8. The first-order valence-electron chi connectivity index (χ1n) is 6.75. The zero-order chi connectivity index (χ0) is 17.2. The second kappa shape index (κ2) is 13.0. The van der Waals surface area contributed by atoms with Gasteiger partial charge >= 0.3 is 124 Å². The first-order chi connectivity index (χ1) is 10.2. The van der Waals surface area contributed by atoms with E-state index in [4.69, 9.17) is 13.0 Å². The van der Waals surface area contributed by atoms with E-state index in [2.05, 4.69) is 28.4 Å². The topological polar surface area (TPSA) is 83.5 Å². The first-order valence-corrected chi connectivity index (χ1v) is 7.55. The van der Waals surface area contributed by atoms with Gasteiger partial charge in [-0.2, -0.15) is 0 Å². The van der Waals surface area contributed by atoms with Crippen LogP contribution in [0.1, 0.15) is 39.5 Å². The summed E-state index contributed by atoms with van der Waals surface area (Å²) in [7, 11) is 5.77. The number of carboxylic acids is 1. The second-order valence-electron chi connectivity index (χ2n) is 4.98. The minimum absolute atomic E-state index is 0. The molecule has 0 fully saturated rings. The summed E-state index contributed by atoms with van der Waals surface area (Å²) in [4.78, 5) is 33.9. The number of Topliss-reactive ketones (excluding diaryl/α,β-unsaturated/α-hetero) is 1. The van der Waals surface area contributed by atoms with Crippen LogP contribution in [0, 0.1) is 37.2 Å². The van der Waals surface area contributed by atoms with Gasteiger partial charge in [0.1, 0.15) is 0 Å². The van der Waals surface area contributed by atoms with Crippen molar-refractivity contribution in [1.29, 1.82) is 0 Å². The average molecular weight is 577 g/mol. The average Bonchev–Trinajstić information content (AvgIpc) is 2.41. The summed E-state index contributed by atoms with van der Waals surface area (Å²) in [5, 5.41) is 10.8. The molecule has 1 unspecified atom stereocenters. The molecule has 1 atom stereocenters. The number of amides is 1. The number of carboxylic acid groups (broad SMARTS) is 1. The Morgan fingerprint density at radius 3 is 2.43 bits per heavy atom. The summed E-state index contributed by atoms with van der Waals surface area (Å²) in [6.45, 7) is 3.31. The number of carbonyl (C=O) groups excluding carboxylic acids is 2. The molecule has 0 bridgehead atoms. The second-order valence-corrected chi connectivity index (χ2v) is 5.44. The third-order valence-electron chi connectivity index (χ3n) is 2.71. The maximum absolute atomic E-state index is 12.0. The number of carbonyl (C=O) groups is 3. The molecule has 0 aromatic rings. The normalized spacial score (nSPS) is 13.7. The molecule has 1 amide bonds. The number of ketones is 1. The van der Waals surface area contributed by atoms with Crippen LogP contribution in [0.2, 0.25) is 0 Å². The van der Waals surface area contributed by atoms with E-state index in [1.54, 1.807) is 6.08 Å². The van der Waals surface area contributed by atoms with Gasteiger partial charge in [0, 0.05) is 31.1 Å². The molecule has 5 nitrogen and oxygen atoms in total. The molecule has 121 valence electrons. The van der Waals surface area contributed by atoms with Crippen molar-refractivity contribution in [3.8, 4) is 0 Å². The van der Waals surface area contributed by atoms with Crippen molar-refractivity contribution in [3.63, 3.8) is 0 Å². The van der Waals surface area contributed by atoms with E-state index in [9.17, 15) is 14.4 Å². The largest absolute Gasteiger partial charge is 0 e. The number of hydrogen-bond acceptors (Lipinski definition) is 3. The first kappa shape index (κ1) is 24.9. The van der Waals surface area contributed by atoms with Gasteiger partial charge in [-0.25, -0.2) is 0 Å². The van der Waals surface area contributed by atoms with Gasteiger partial charge in [0.15, 0.2) is 0 Å². The number of nitrogens with one attached hydrogen (secondary N) is 1. The van der Waals surface area contributed by atoms with E-state index in [-0.39, 0.29) is 56.2 Å². The number of aliphatic carboxylic acids is 1. The molecule has 0 rings (SSSR count). The zero-order valence-electron chi connectivity index (χ0n) is 13.3. The predicted molar refractivity (Wildman–Crippen MR) is 81.0 cm³/mol. The summed E-state index contributed by atoms with van der Waals surface area (Å²) in [5.74, 6) is -1.97. The molecular weight excluding hydrogens is 558 g/mol. The Labute approximate surface area is 171 Å². The van der Waals surface area contributed by atoms with Crippen LogP contribution in [0.25, 0.3) is 0 Å². The fourth-order valence-corrected chi connectivity index (χ4v) is 1.85. The third-order valence-corrected chi connectivity index (χ3v) is 2.94. The monoisotopic (exact) mass is 577 g/mol. The summed E-state index contributed by atoms with van der Waals surface area (Å²) < 4.78 is 1.84. The van der Waals surface area contributed by atoms with Crippen LogP contribution in [0.3, 0.4) is 0 Å². The Bertz CT molecular complexity index is 504. The van der Waals surface area contributed by atoms with Crippen LogP contribution in [-0.2, 0) is 31.4 Å². The maximum Gasteiger partial charge on any atom is 0 e. The quantitative estimate of drug-likeness (QED) is 0.230. The van der Waals surface area contributed by atoms with Crippen molar-refractivity contribution in [3.05, 3.63) is 23.8 Å². The van der Waals surface area contributed by atoms with E-state index in [1.807, 2.05) is 17.7 Å². The molecular formula is C15H19BNO4UV-. The Morgan fingerprint density at radius 1 is 1.30 bits per heavy atom. The maximum atomic E-state index is 12.0. The summed E-state index contributed by atoms with van der Waals surface area (Å²) in [5.41, 5.74) is -0.498. The standard InChI is InChI=1S/C15H19BNO4.U.V/c1-4-11(2)7-5-6-8-12(18)15(3,16)17-13(19)9-10-14(20)21;;/h1,4,7H,6,8-10H2,2-3H3,(H,17,19)(H,20,21);;/q-1;;. The van der Waals surface area contributed by atoms with Gasteiger partial charge in [-0.05, 0) is 0 Å². The van der Waals surface area contributed by atoms with Crippen LogP contribution < -0.4 is 5.32 Å². The predicted octanol–water partition coefficient (Wildman–Crippen LogP) is 0.856. The molecule has 8 heteroatoms. The molecule has 0 saturated carbocycles. The van der Waals surface area contributed by atoms with Crippen molar-refractivity contribution < 1.29 is 67.6 Å². The van der Waals surface area contributed by atoms with Crippen LogP contribution in [0.4, 0.5) is 0 Å². The van der Waals surface area contributed by atoms with Crippen molar-refractivity contribution in [1.82, 2.24) is 5.32 Å². The van der Waals surface area contributed by atoms with E-state index < -0.39 is 17.3 Å². The minimum atomic E-state index is -1.50. The van der Waals surface area contributed by atoms with E-state index in [0.29, 0.717) is 6.42 Å². The number of hydrogen-bond donors (Lipinski definition) is 2. The third kappa shape index (κ3) is 12.7. The molecule has 0 spiro atoms. The van der Waals surface area contributed by atoms with Crippen molar-refractivity contribution in [2.75, 3.05) is 0 Å².